The average molecular weight is 635 g/mol. The molecule has 9 N–H and O–H groups in total. The monoisotopic (exact) mass is 634 g/mol. The lowest BCUT2D eigenvalue weighted by Gasteiger charge is -2.40. The van der Waals surface area contributed by atoms with Crippen LogP contribution in [0.3, 0.4) is 0 Å². The summed E-state index contributed by atoms with van der Waals surface area (Å²) in [5.41, 5.74) is 0.890. The lowest BCUT2D eigenvalue weighted by atomic mass is 9.90. The van der Waals surface area contributed by atoms with Crippen LogP contribution in [-0.2, 0) is 28.5 Å². The maximum atomic E-state index is 12.2. The number of esters is 2. The number of ether oxygens (including phenoxy) is 4. The number of phenolic OH excluding ortho intramolecular Hbond substituents is 2. The van der Waals surface area contributed by atoms with Gasteiger partial charge in [0.2, 0.25) is 0 Å². The number of rotatable bonds is 9. The molecule has 0 spiro atoms. The minimum Gasteiger partial charge on any atom is -0.508 e. The van der Waals surface area contributed by atoms with Crippen molar-refractivity contribution in [2.75, 3.05) is 13.2 Å². The van der Waals surface area contributed by atoms with Crippen LogP contribution in [0, 0.1) is 0 Å². The zero-order chi connectivity index (χ0) is 32.8. The summed E-state index contributed by atoms with van der Waals surface area (Å²) in [6.45, 7) is -1.08. The fourth-order valence-electron chi connectivity index (χ4n) is 4.66. The molecule has 0 aliphatic carbocycles. The second kappa shape index (κ2) is 14.9. The highest BCUT2D eigenvalue weighted by Crippen LogP contribution is 2.37. The van der Waals surface area contributed by atoms with E-state index in [1.165, 1.54) is 42.5 Å². The lowest BCUT2D eigenvalue weighted by molar-refractivity contribution is -0.287. The van der Waals surface area contributed by atoms with E-state index in [0.717, 1.165) is 12.2 Å². The van der Waals surface area contributed by atoms with E-state index in [-0.39, 0.29) is 17.1 Å². The van der Waals surface area contributed by atoms with Crippen molar-refractivity contribution in [3.8, 4) is 11.5 Å². The van der Waals surface area contributed by atoms with Gasteiger partial charge in [0.1, 0.15) is 79.6 Å². The highest BCUT2D eigenvalue weighted by atomic mass is 16.7. The maximum absolute atomic E-state index is 12.2. The van der Waals surface area contributed by atoms with Crippen molar-refractivity contribution < 1.29 is 74.5 Å². The second-order valence-corrected chi connectivity index (χ2v) is 10.4. The molecule has 0 saturated carbocycles. The van der Waals surface area contributed by atoms with Gasteiger partial charge >= 0.3 is 11.9 Å². The van der Waals surface area contributed by atoms with Gasteiger partial charge in [-0.2, -0.15) is 0 Å². The van der Waals surface area contributed by atoms with Crippen molar-refractivity contribution in [2.45, 2.75) is 61.2 Å². The van der Waals surface area contributed by atoms with Crippen LogP contribution in [-0.4, -0.2) is 126 Å². The SMILES string of the molecule is O=C(/C=C/c1ccc(O)c([C@@H]2O[C@H](COC(=O)/C=C/c3ccc(O)cc3)[C@@H](O)[C@H](O)[C@H]2O)c1)OC[C@H]1O[C@@H](O)[C@H](O)[C@@H](O)[C@@H]1O. The molecule has 0 amide bonds. The first-order chi connectivity index (χ1) is 21.3. The Morgan fingerprint density at radius 3 is 1.76 bits per heavy atom. The first-order valence-electron chi connectivity index (χ1n) is 13.7. The van der Waals surface area contributed by atoms with Gasteiger partial charge in [0, 0.05) is 17.7 Å². The molecule has 244 valence electrons. The third kappa shape index (κ3) is 8.43. The van der Waals surface area contributed by atoms with Crippen molar-refractivity contribution in [2.24, 2.45) is 0 Å². The Morgan fingerprint density at radius 1 is 0.644 bits per heavy atom. The summed E-state index contributed by atoms with van der Waals surface area (Å²) in [5, 5.41) is 90.2. The van der Waals surface area contributed by atoms with Crippen molar-refractivity contribution in [3.05, 3.63) is 71.3 Å². The van der Waals surface area contributed by atoms with E-state index in [4.69, 9.17) is 18.9 Å². The molecule has 2 aromatic carbocycles. The summed E-state index contributed by atoms with van der Waals surface area (Å²) < 4.78 is 20.8. The Labute approximate surface area is 256 Å². The molecule has 2 fully saturated rings. The van der Waals surface area contributed by atoms with Crippen molar-refractivity contribution in [1.82, 2.24) is 0 Å². The molecule has 2 aliphatic heterocycles. The van der Waals surface area contributed by atoms with E-state index in [9.17, 15) is 55.5 Å². The molecule has 2 heterocycles. The van der Waals surface area contributed by atoms with Crippen LogP contribution >= 0.6 is 0 Å². The van der Waals surface area contributed by atoms with Gasteiger partial charge in [0.25, 0.3) is 0 Å². The number of benzene rings is 2. The van der Waals surface area contributed by atoms with E-state index < -0.39 is 86.4 Å². The average Bonchev–Trinajstić information content (AvgIpc) is 3.02. The van der Waals surface area contributed by atoms with Gasteiger partial charge in [-0.3, -0.25) is 0 Å². The zero-order valence-electron chi connectivity index (χ0n) is 23.5. The topological polar surface area (TPSA) is 253 Å². The fraction of sp³-hybridized carbons (Fsp3) is 0.400. The summed E-state index contributed by atoms with van der Waals surface area (Å²) in [6.07, 6.45) is -11.2. The number of phenols is 2. The standard InChI is InChI=1S/C30H34O15/c31-16-6-1-14(2-7-16)4-9-21(33)42-12-19-23(35)25(37)27(39)29(44-19)17-11-15(3-8-18(17)32)5-10-22(34)43-13-20-24(36)26(38)28(40)30(41)45-20/h1-11,19-20,23-32,35-41H,12-13H2/b9-4+,10-5+/t19-,20-,23-,24-,25+,26+,27-,28-,29+,30-/m1/s1. The van der Waals surface area contributed by atoms with Crippen LogP contribution in [0.2, 0.25) is 0 Å². The summed E-state index contributed by atoms with van der Waals surface area (Å²) >= 11 is 0. The molecule has 15 heteroatoms. The van der Waals surface area contributed by atoms with Crippen molar-refractivity contribution in [1.29, 1.82) is 0 Å². The van der Waals surface area contributed by atoms with Crippen LogP contribution in [0.4, 0.5) is 0 Å². The fourth-order valence-corrected chi connectivity index (χ4v) is 4.66. The summed E-state index contributed by atoms with van der Waals surface area (Å²) in [4.78, 5) is 24.4. The van der Waals surface area contributed by atoms with Gasteiger partial charge in [-0.15, -0.1) is 0 Å². The van der Waals surface area contributed by atoms with Crippen LogP contribution in [0.15, 0.2) is 54.6 Å². The van der Waals surface area contributed by atoms with E-state index in [0.29, 0.717) is 11.1 Å². The molecule has 2 saturated heterocycles. The normalized spacial score (nSPS) is 32.1. The number of aliphatic hydroxyl groups excluding tert-OH is 7. The van der Waals surface area contributed by atoms with Crippen LogP contribution < -0.4 is 0 Å². The first-order valence-corrected chi connectivity index (χ1v) is 13.7. The zero-order valence-corrected chi connectivity index (χ0v) is 23.5. The predicted molar refractivity (Wildman–Crippen MR) is 151 cm³/mol. The van der Waals surface area contributed by atoms with Crippen molar-refractivity contribution in [3.63, 3.8) is 0 Å². The molecular formula is C30H34O15. The number of carbonyl (C=O) groups is 2. The Kier molecular flexibility index (Phi) is 11.3. The number of hydrogen-bond acceptors (Lipinski definition) is 15. The predicted octanol–water partition coefficient (Wildman–Crippen LogP) is -1.77. The summed E-state index contributed by atoms with van der Waals surface area (Å²) in [7, 11) is 0. The largest absolute Gasteiger partial charge is 0.508 e. The smallest absolute Gasteiger partial charge is 0.330 e. The maximum Gasteiger partial charge on any atom is 0.330 e. The molecule has 45 heavy (non-hydrogen) atoms. The molecule has 0 bridgehead atoms. The second-order valence-electron chi connectivity index (χ2n) is 10.4. The van der Waals surface area contributed by atoms with E-state index in [1.54, 1.807) is 12.1 Å². The van der Waals surface area contributed by atoms with Gasteiger partial charge in [0.15, 0.2) is 6.29 Å². The van der Waals surface area contributed by atoms with Crippen LogP contribution in [0.25, 0.3) is 12.2 Å². The number of hydrogen-bond donors (Lipinski definition) is 9. The van der Waals surface area contributed by atoms with Gasteiger partial charge in [0.05, 0.1) is 0 Å². The van der Waals surface area contributed by atoms with Crippen LogP contribution in [0.5, 0.6) is 11.5 Å². The highest BCUT2D eigenvalue weighted by molar-refractivity contribution is 5.87. The Balaban J connectivity index is 1.37. The highest BCUT2D eigenvalue weighted by Gasteiger charge is 2.46. The summed E-state index contributed by atoms with van der Waals surface area (Å²) in [5.74, 6) is -2.01. The van der Waals surface area contributed by atoms with Gasteiger partial charge in [-0.25, -0.2) is 9.59 Å². The van der Waals surface area contributed by atoms with E-state index in [1.807, 2.05) is 0 Å². The number of carbonyl (C=O) groups excluding carboxylic acids is 2. The van der Waals surface area contributed by atoms with Crippen molar-refractivity contribution >= 4 is 24.1 Å². The minimum atomic E-state index is -1.80. The van der Waals surface area contributed by atoms with E-state index in [2.05, 4.69) is 0 Å². The Bertz CT molecular complexity index is 1380. The Morgan fingerprint density at radius 2 is 1.16 bits per heavy atom. The molecule has 0 unspecified atom stereocenters. The lowest BCUT2D eigenvalue weighted by Crippen LogP contribution is -2.58. The molecule has 15 nitrogen and oxygen atoms in total. The quantitative estimate of drug-likeness (QED) is 0.109. The Hall–Kier alpha value is -3.90. The third-order valence-corrected chi connectivity index (χ3v) is 7.25. The molecule has 4 rings (SSSR count). The molecule has 10 atom stereocenters. The minimum absolute atomic E-state index is 0.0206. The van der Waals surface area contributed by atoms with E-state index >= 15 is 0 Å². The summed E-state index contributed by atoms with van der Waals surface area (Å²) in [6, 6.07) is 9.98. The third-order valence-electron chi connectivity index (χ3n) is 7.25. The number of aliphatic hydroxyl groups is 7. The first kappa shape index (κ1) is 34.0. The molecule has 2 aromatic rings. The van der Waals surface area contributed by atoms with Gasteiger partial charge in [-0.1, -0.05) is 18.2 Å². The molecule has 2 aliphatic rings. The van der Waals surface area contributed by atoms with Gasteiger partial charge in [-0.05, 0) is 47.5 Å². The molecule has 0 radical (unpaired) electrons. The van der Waals surface area contributed by atoms with Gasteiger partial charge < -0.3 is 64.9 Å². The van der Waals surface area contributed by atoms with Crippen LogP contribution in [0.1, 0.15) is 22.8 Å². The molecule has 0 aromatic heterocycles. The molecular weight excluding hydrogens is 600 g/mol. The number of aromatic hydroxyl groups is 2.